The third kappa shape index (κ3) is 3.43. The SMILES string of the molecule is O=C(CN1CCC2(CC1)OCCO2)Nc1ccc(F)cc1F. The molecule has 1 spiro atoms. The Morgan fingerprint density at radius 1 is 1.23 bits per heavy atom. The van der Waals surface area contributed by atoms with Crippen molar-refractivity contribution >= 4 is 11.6 Å². The van der Waals surface area contributed by atoms with Crippen molar-refractivity contribution in [2.45, 2.75) is 18.6 Å². The van der Waals surface area contributed by atoms with Gasteiger partial charge in [-0.05, 0) is 12.1 Å². The summed E-state index contributed by atoms with van der Waals surface area (Å²) in [4.78, 5) is 13.9. The number of hydrogen-bond donors (Lipinski definition) is 1. The fraction of sp³-hybridized carbons (Fsp3) is 0.533. The standard InChI is InChI=1S/C15H18F2N2O3/c16-11-1-2-13(12(17)9-11)18-14(20)10-19-5-3-15(4-6-19)21-7-8-22-15/h1-2,9H,3-8,10H2,(H,18,20). The number of anilines is 1. The number of rotatable bonds is 3. The minimum atomic E-state index is -0.779. The van der Waals surface area contributed by atoms with E-state index in [9.17, 15) is 13.6 Å². The van der Waals surface area contributed by atoms with Gasteiger partial charge in [0.25, 0.3) is 0 Å². The number of carbonyl (C=O) groups excluding carboxylic acids is 1. The predicted molar refractivity (Wildman–Crippen MR) is 75.3 cm³/mol. The lowest BCUT2D eigenvalue weighted by Crippen LogP contribution is -2.47. The van der Waals surface area contributed by atoms with Crippen LogP contribution < -0.4 is 5.32 Å². The number of halogens is 2. The zero-order valence-electron chi connectivity index (χ0n) is 12.1. The molecule has 2 saturated heterocycles. The average molecular weight is 312 g/mol. The number of carbonyl (C=O) groups is 1. The Bertz CT molecular complexity index is 552. The lowest BCUT2D eigenvalue weighted by atomic mass is 10.0. The molecule has 3 rings (SSSR count). The zero-order chi connectivity index (χ0) is 15.6. The van der Waals surface area contributed by atoms with Gasteiger partial charge in [0.15, 0.2) is 5.79 Å². The lowest BCUT2D eigenvalue weighted by molar-refractivity contribution is -0.185. The number of likely N-dealkylation sites (tertiary alicyclic amines) is 1. The molecule has 120 valence electrons. The Kier molecular flexibility index (Phi) is 4.37. The second kappa shape index (κ2) is 6.28. The molecule has 1 aromatic rings. The van der Waals surface area contributed by atoms with Gasteiger partial charge in [-0.3, -0.25) is 9.69 Å². The first kappa shape index (κ1) is 15.3. The summed E-state index contributed by atoms with van der Waals surface area (Å²) in [5.41, 5.74) is -0.0117. The maximum absolute atomic E-state index is 13.5. The normalized spacial score (nSPS) is 21.2. The molecule has 1 N–H and O–H groups in total. The van der Waals surface area contributed by atoms with Crippen LogP contribution in [-0.2, 0) is 14.3 Å². The monoisotopic (exact) mass is 312 g/mol. The van der Waals surface area contributed by atoms with Gasteiger partial charge >= 0.3 is 0 Å². The highest BCUT2D eigenvalue weighted by Crippen LogP contribution is 2.31. The number of hydrogen-bond acceptors (Lipinski definition) is 4. The van der Waals surface area contributed by atoms with Gasteiger partial charge in [0, 0.05) is 32.0 Å². The molecule has 1 amide bonds. The molecule has 2 aliphatic rings. The Balaban J connectivity index is 1.50. The average Bonchev–Trinajstić information content (AvgIpc) is 2.93. The summed E-state index contributed by atoms with van der Waals surface area (Å²) in [7, 11) is 0. The lowest BCUT2D eigenvalue weighted by Gasteiger charge is -2.37. The highest BCUT2D eigenvalue weighted by Gasteiger charge is 2.39. The van der Waals surface area contributed by atoms with E-state index in [1.54, 1.807) is 0 Å². The van der Waals surface area contributed by atoms with Crippen LogP contribution in [0.4, 0.5) is 14.5 Å². The van der Waals surface area contributed by atoms with Crippen molar-refractivity contribution in [1.29, 1.82) is 0 Å². The van der Waals surface area contributed by atoms with Gasteiger partial charge in [0.2, 0.25) is 5.91 Å². The van der Waals surface area contributed by atoms with Crippen LogP contribution >= 0.6 is 0 Å². The molecule has 1 aromatic carbocycles. The van der Waals surface area contributed by atoms with E-state index in [1.807, 2.05) is 4.90 Å². The van der Waals surface area contributed by atoms with E-state index < -0.39 is 17.4 Å². The van der Waals surface area contributed by atoms with Crippen LogP contribution in [0.1, 0.15) is 12.8 Å². The highest BCUT2D eigenvalue weighted by molar-refractivity contribution is 5.92. The number of nitrogens with zero attached hydrogens (tertiary/aromatic N) is 1. The summed E-state index contributed by atoms with van der Waals surface area (Å²) in [6.07, 6.45) is 1.43. The Morgan fingerprint density at radius 3 is 2.55 bits per heavy atom. The van der Waals surface area contributed by atoms with Gasteiger partial charge in [0.1, 0.15) is 11.6 Å². The number of benzene rings is 1. The first-order chi connectivity index (χ1) is 10.6. The van der Waals surface area contributed by atoms with Crippen LogP contribution in [0.5, 0.6) is 0 Å². The maximum atomic E-state index is 13.5. The quantitative estimate of drug-likeness (QED) is 0.924. The van der Waals surface area contributed by atoms with Crippen molar-refractivity contribution in [2.24, 2.45) is 0 Å². The smallest absolute Gasteiger partial charge is 0.238 e. The van der Waals surface area contributed by atoms with E-state index in [-0.39, 0.29) is 18.1 Å². The van der Waals surface area contributed by atoms with Gasteiger partial charge < -0.3 is 14.8 Å². The first-order valence-corrected chi connectivity index (χ1v) is 7.32. The molecule has 0 aromatic heterocycles. The number of nitrogens with one attached hydrogen (secondary N) is 1. The van der Waals surface area contributed by atoms with Crippen molar-refractivity contribution in [3.63, 3.8) is 0 Å². The minimum absolute atomic E-state index is 0.0117. The summed E-state index contributed by atoms with van der Waals surface area (Å²) in [5, 5.41) is 2.46. The van der Waals surface area contributed by atoms with E-state index >= 15 is 0 Å². The third-order valence-electron chi connectivity index (χ3n) is 4.00. The molecular formula is C15H18F2N2O3. The molecule has 2 fully saturated rings. The fourth-order valence-corrected chi connectivity index (χ4v) is 2.82. The van der Waals surface area contributed by atoms with E-state index in [2.05, 4.69) is 5.32 Å². The minimum Gasteiger partial charge on any atom is -0.347 e. The maximum Gasteiger partial charge on any atom is 0.238 e. The molecule has 0 bridgehead atoms. The Morgan fingerprint density at radius 2 is 1.91 bits per heavy atom. The van der Waals surface area contributed by atoms with Crippen molar-refractivity contribution in [3.05, 3.63) is 29.8 Å². The van der Waals surface area contributed by atoms with Gasteiger partial charge in [-0.1, -0.05) is 0 Å². The van der Waals surface area contributed by atoms with Gasteiger partial charge in [0.05, 0.1) is 25.4 Å². The summed E-state index contributed by atoms with van der Waals surface area (Å²) in [6.45, 7) is 2.75. The van der Waals surface area contributed by atoms with E-state index in [0.29, 0.717) is 39.1 Å². The molecule has 7 heteroatoms. The Labute approximate surface area is 127 Å². The second-order valence-electron chi connectivity index (χ2n) is 5.56. The molecule has 0 aliphatic carbocycles. The van der Waals surface area contributed by atoms with Crippen molar-refractivity contribution in [3.8, 4) is 0 Å². The number of amides is 1. The molecule has 2 aliphatic heterocycles. The number of ether oxygens (including phenoxy) is 2. The van der Waals surface area contributed by atoms with E-state index in [1.165, 1.54) is 6.07 Å². The molecule has 0 unspecified atom stereocenters. The van der Waals surface area contributed by atoms with Crippen LogP contribution in [0.25, 0.3) is 0 Å². The van der Waals surface area contributed by atoms with Crippen LogP contribution in [0.2, 0.25) is 0 Å². The van der Waals surface area contributed by atoms with Gasteiger partial charge in [-0.2, -0.15) is 0 Å². The molecule has 2 heterocycles. The molecule has 0 atom stereocenters. The van der Waals surface area contributed by atoms with Crippen LogP contribution in [-0.4, -0.2) is 49.4 Å². The first-order valence-electron chi connectivity index (χ1n) is 7.32. The molecule has 5 nitrogen and oxygen atoms in total. The van der Waals surface area contributed by atoms with Crippen molar-refractivity contribution in [1.82, 2.24) is 4.90 Å². The summed E-state index contributed by atoms with van der Waals surface area (Å²) < 4.78 is 37.6. The largest absolute Gasteiger partial charge is 0.347 e. The van der Waals surface area contributed by atoms with Crippen molar-refractivity contribution in [2.75, 3.05) is 38.2 Å². The summed E-state index contributed by atoms with van der Waals surface area (Å²) in [5.74, 6) is -2.25. The summed E-state index contributed by atoms with van der Waals surface area (Å²) in [6, 6.07) is 3.07. The van der Waals surface area contributed by atoms with Crippen LogP contribution in [0, 0.1) is 11.6 Å². The Hall–Kier alpha value is -1.57. The molecule has 0 radical (unpaired) electrons. The zero-order valence-corrected chi connectivity index (χ0v) is 12.1. The summed E-state index contributed by atoms with van der Waals surface area (Å²) >= 11 is 0. The van der Waals surface area contributed by atoms with E-state index in [0.717, 1.165) is 12.1 Å². The topological polar surface area (TPSA) is 50.8 Å². The van der Waals surface area contributed by atoms with Crippen LogP contribution in [0.15, 0.2) is 18.2 Å². The van der Waals surface area contributed by atoms with E-state index in [4.69, 9.17) is 9.47 Å². The predicted octanol–water partition coefficient (Wildman–Crippen LogP) is 1.74. The molecule has 0 saturated carbocycles. The number of piperidine rings is 1. The van der Waals surface area contributed by atoms with Crippen molar-refractivity contribution < 1.29 is 23.0 Å². The van der Waals surface area contributed by atoms with Crippen LogP contribution in [0.3, 0.4) is 0 Å². The van der Waals surface area contributed by atoms with Gasteiger partial charge in [-0.25, -0.2) is 8.78 Å². The highest BCUT2D eigenvalue weighted by atomic mass is 19.1. The molecule has 22 heavy (non-hydrogen) atoms. The molecular weight excluding hydrogens is 294 g/mol. The third-order valence-corrected chi connectivity index (χ3v) is 4.00. The fourth-order valence-electron chi connectivity index (χ4n) is 2.82. The second-order valence-corrected chi connectivity index (χ2v) is 5.56. The van der Waals surface area contributed by atoms with Gasteiger partial charge in [-0.15, -0.1) is 0 Å².